The Bertz CT molecular complexity index is 1360. The number of nitrogens with one attached hydrogen (secondary N) is 1. The summed E-state index contributed by atoms with van der Waals surface area (Å²) in [6.45, 7) is 6.37. The number of aromatic nitrogens is 1. The molecule has 4 rings (SSSR count). The van der Waals surface area contributed by atoms with Crippen LogP contribution in [0.3, 0.4) is 0 Å². The van der Waals surface area contributed by atoms with Crippen molar-refractivity contribution in [3.63, 3.8) is 0 Å². The van der Waals surface area contributed by atoms with Crippen LogP contribution < -0.4 is 9.61 Å². The summed E-state index contributed by atoms with van der Waals surface area (Å²) < 4.78 is 23.5. The Labute approximate surface area is 238 Å². The molecule has 3 heterocycles. The monoisotopic (exact) mass is 591 g/mol. The number of rotatable bonds is 10. The molecule has 0 bridgehead atoms. The van der Waals surface area contributed by atoms with Gasteiger partial charge < -0.3 is 28.7 Å². The van der Waals surface area contributed by atoms with Crippen LogP contribution >= 0.6 is 6.64 Å². The number of pyridine rings is 1. The summed E-state index contributed by atoms with van der Waals surface area (Å²) in [5.74, 6) is -0.496. The van der Waals surface area contributed by atoms with E-state index in [1.165, 1.54) is 18.0 Å². The van der Waals surface area contributed by atoms with Gasteiger partial charge in [0, 0.05) is 17.8 Å². The summed E-state index contributed by atoms with van der Waals surface area (Å²) in [4.78, 5) is 30.7. The highest BCUT2D eigenvalue weighted by Gasteiger charge is 2.55. The zero-order chi connectivity index (χ0) is 29.2. The molecule has 2 aliphatic heterocycles. The lowest BCUT2D eigenvalue weighted by Gasteiger charge is -2.35. The van der Waals surface area contributed by atoms with Crippen molar-refractivity contribution < 1.29 is 38.3 Å². The summed E-state index contributed by atoms with van der Waals surface area (Å²) in [5.41, 5.74) is -0.527. The standard InChI is InChI=1S/C27H34N3O8PS/c1-16(2)36-25(33)18(4)29-39(40,38-21-10-6-9-20-19(21)8-7-12-28-20)35-15-22-24(32)27(5,34)26(37-22)30-13-11-17(3)14-23(30)31/h6-13,16,18,22,24,26,32,34H,3,14-15H2,1-2,4-5H3,(H,29,40)/t18?,22-,24-,26-,27-,39?/m1/s1. The molecule has 0 saturated carbocycles. The van der Waals surface area contributed by atoms with Gasteiger partial charge in [0.25, 0.3) is 0 Å². The molecule has 1 saturated heterocycles. The van der Waals surface area contributed by atoms with Gasteiger partial charge in [0.1, 0.15) is 29.6 Å². The minimum atomic E-state index is -3.52. The van der Waals surface area contributed by atoms with Crippen molar-refractivity contribution in [2.75, 3.05) is 6.61 Å². The topological polar surface area (TPSA) is 140 Å². The molecule has 0 radical (unpaired) electrons. The van der Waals surface area contributed by atoms with Crippen molar-refractivity contribution in [1.82, 2.24) is 15.0 Å². The zero-order valence-corrected chi connectivity index (χ0v) is 24.4. The normalized spacial score (nSPS) is 27.2. The van der Waals surface area contributed by atoms with Gasteiger partial charge in [-0.15, -0.1) is 0 Å². The van der Waals surface area contributed by atoms with E-state index in [4.69, 9.17) is 30.3 Å². The van der Waals surface area contributed by atoms with Crippen molar-refractivity contribution in [3.8, 4) is 5.75 Å². The SMILES string of the molecule is C=C1C=CN([C@@H]2O[C@H](COP(=S)(NC(C)C(=O)OC(C)C)Oc3cccc4ncccc34)[C@@H](O)[C@@]2(C)O)C(=O)C1. The molecule has 0 aliphatic carbocycles. The first-order chi connectivity index (χ1) is 18.8. The molecule has 1 amide bonds. The fourth-order valence-electron chi connectivity index (χ4n) is 4.37. The largest absolute Gasteiger partial charge is 0.462 e. The average Bonchev–Trinajstić information content (AvgIpc) is 3.11. The minimum absolute atomic E-state index is 0.0620. The van der Waals surface area contributed by atoms with Gasteiger partial charge >= 0.3 is 12.6 Å². The van der Waals surface area contributed by atoms with E-state index in [0.717, 1.165) is 0 Å². The van der Waals surface area contributed by atoms with Crippen LogP contribution in [0.2, 0.25) is 0 Å². The predicted molar refractivity (Wildman–Crippen MR) is 151 cm³/mol. The molecule has 11 nitrogen and oxygen atoms in total. The van der Waals surface area contributed by atoms with Crippen molar-refractivity contribution in [2.45, 2.75) is 70.3 Å². The van der Waals surface area contributed by atoms with Gasteiger partial charge in [-0.2, -0.15) is 0 Å². The molecule has 1 fully saturated rings. The van der Waals surface area contributed by atoms with E-state index in [2.05, 4.69) is 16.7 Å². The van der Waals surface area contributed by atoms with E-state index in [0.29, 0.717) is 22.2 Å². The van der Waals surface area contributed by atoms with Gasteiger partial charge in [0.15, 0.2) is 6.23 Å². The Morgan fingerprint density at radius 2 is 2.10 bits per heavy atom. The number of ether oxygens (including phenoxy) is 2. The highest BCUT2D eigenvalue weighted by molar-refractivity contribution is 8.09. The van der Waals surface area contributed by atoms with Gasteiger partial charge in [-0.25, -0.2) is 5.09 Å². The third-order valence-corrected chi connectivity index (χ3v) is 8.92. The van der Waals surface area contributed by atoms with Crippen LogP contribution in [0.1, 0.15) is 34.1 Å². The lowest BCUT2D eigenvalue weighted by atomic mass is 9.95. The van der Waals surface area contributed by atoms with Gasteiger partial charge in [-0.3, -0.25) is 19.5 Å². The molecule has 6 atom stereocenters. The molecule has 40 heavy (non-hydrogen) atoms. The summed E-state index contributed by atoms with van der Waals surface area (Å²) in [7, 11) is 0. The van der Waals surface area contributed by atoms with Crippen LogP contribution in [0.4, 0.5) is 0 Å². The smallest absolute Gasteiger partial charge is 0.323 e. The second kappa shape index (κ2) is 12.0. The van der Waals surface area contributed by atoms with Crippen molar-refractivity contribution in [2.24, 2.45) is 0 Å². The number of aliphatic hydroxyl groups excluding tert-OH is 1. The maximum absolute atomic E-state index is 12.6. The lowest BCUT2D eigenvalue weighted by Crippen LogP contribution is -2.53. The Morgan fingerprint density at radius 1 is 1.35 bits per heavy atom. The van der Waals surface area contributed by atoms with Gasteiger partial charge in [-0.1, -0.05) is 12.6 Å². The molecule has 3 N–H and O–H groups in total. The molecule has 216 valence electrons. The number of amides is 1. The zero-order valence-electron chi connectivity index (χ0n) is 22.7. The van der Waals surface area contributed by atoms with Crippen LogP contribution in [0.15, 0.2) is 61.0 Å². The Hall–Kier alpha value is -2.70. The fourth-order valence-corrected chi connectivity index (χ4v) is 6.79. The number of nitrogens with zero attached hydrogens (tertiary/aromatic N) is 2. The van der Waals surface area contributed by atoms with Gasteiger partial charge in [0.2, 0.25) is 5.91 Å². The van der Waals surface area contributed by atoms with Gasteiger partial charge in [0.05, 0.1) is 24.6 Å². The van der Waals surface area contributed by atoms with Crippen LogP contribution in [0.25, 0.3) is 10.9 Å². The molecule has 0 spiro atoms. The first kappa shape index (κ1) is 30.3. The third kappa shape index (κ3) is 6.60. The van der Waals surface area contributed by atoms with Crippen molar-refractivity contribution in [3.05, 3.63) is 61.0 Å². The number of hydrogen-bond acceptors (Lipinski definition) is 10. The maximum Gasteiger partial charge on any atom is 0.323 e. The van der Waals surface area contributed by atoms with Crippen molar-refractivity contribution >= 4 is 41.2 Å². The van der Waals surface area contributed by atoms with Crippen LogP contribution in [-0.2, 0) is 35.4 Å². The van der Waals surface area contributed by atoms with E-state index in [9.17, 15) is 19.8 Å². The number of carbonyl (C=O) groups excluding carboxylic acids is 2. The highest BCUT2D eigenvalue weighted by Crippen LogP contribution is 2.48. The summed E-state index contributed by atoms with van der Waals surface area (Å²) in [5, 5.41) is 25.7. The van der Waals surface area contributed by atoms with E-state index in [1.54, 1.807) is 51.2 Å². The molecule has 2 aliphatic rings. The maximum atomic E-state index is 12.6. The summed E-state index contributed by atoms with van der Waals surface area (Å²) >= 11 is 5.81. The highest BCUT2D eigenvalue weighted by atomic mass is 32.5. The number of carbonyl (C=O) groups is 2. The Balaban J connectivity index is 1.57. The van der Waals surface area contributed by atoms with E-state index >= 15 is 0 Å². The third-order valence-electron chi connectivity index (χ3n) is 6.43. The predicted octanol–water partition coefficient (Wildman–Crippen LogP) is 2.92. The number of aliphatic hydroxyl groups is 2. The molecular weight excluding hydrogens is 557 g/mol. The number of fused-ring (bicyclic) bond motifs is 1. The minimum Gasteiger partial charge on any atom is -0.462 e. The average molecular weight is 592 g/mol. The van der Waals surface area contributed by atoms with Crippen LogP contribution in [0.5, 0.6) is 5.75 Å². The lowest BCUT2D eigenvalue weighted by molar-refractivity contribution is -0.156. The molecular formula is C27H34N3O8PS. The Kier molecular flexibility index (Phi) is 9.11. The first-order valence-electron chi connectivity index (χ1n) is 12.8. The molecule has 1 aromatic carbocycles. The quantitative estimate of drug-likeness (QED) is 0.278. The van der Waals surface area contributed by atoms with E-state index in [1.807, 2.05) is 12.1 Å². The first-order valence-corrected chi connectivity index (χ1v) is 15.4. The fraction of sp³-hybridized carbons (Fsp3) is 0.444. The second-order valence-corrected chi connectivity index (χ2v) is 13.3. The molecule has 1 aromatic heterocycles. The van der Waals surface area contributed by atoms with E-state index in [-0.39, 0.29) is 25.0 Å². The van der Waals surface area contributed by atoms with E-state index < -0.39 is 42.7 Å². The Morgan fingerprint density at radius 3 is 2.80 bits per heavy atom. The van der Waals surface area contributed by atoms with Crippen LogP contribution in [0, 0.1) is 0 Å². The number of hydrogen-bond donors (Lipinski definition) is 3. The molecule has 2 unspecified atom stereocenters. The number of allylic oxidation sites excluding steroid dienone is 1. The van der Waals surface area contributed by atoms with Crippen molar-refractivity contribution in [1.29, 1.82) is 0 Å². The number of esters is 1. The second-order valence-electron chi connectivity index (χ2n) is 10.2. The summed E-state index contributed by atoms with van der Waals surface area (Å²) in [6.07, 6.45) is 0.796. The molecule has 2 aromatic rings. The molecule has 13 heteroatoms. The van der Waals surface area contributed by atoms with Gasteiger partial charge in [-0.05, 0) is 75.4 Å². The number of benzene rings is 1. The summed E-state index contributed by atoms with van der Waals surface area (Å²) in [6, 6.07) is 7.96. The van der Waals surface area contributed by atoms with Crippen LogP contribution in [-0.4, -0.2) is 74.8 Å².